The largest absolute Gasteiger partial charge is 0.494 e. The quantitative estimate of drug-likeness (QED) is 0.322. The van der Waals surface area contributed by atoms with E-state index >= 15 is 0 Å². The first-order valence-electron chi connectivity index (χ1n) is 15.3. The number of nitrogens with one attached hydrogen (secondary N) is 2. The predicted octanol–water partition coefficient (Wildman–Crippen LogP) is 4.36. The van der Waals surface area contributed by atoms with Gasteiger partial charge in [0, 0.05) is 30.1 Å². The summed E-state index contributed by atoms with van der Waals surface area (Å²) in [6.07, 6.45) is 9.58. The molecule has 220 valence electrons. The monoisotopic (exact) mass is 571 g/mol. The number of amides is 3. The number of fused-ring (bicyclic) bond motifs is 1. The third-order valence-corrected chi connectivity index (χ3v) is 11.6. The van der Waals surface area contributed by atoms with E-state index in [9.17, 15) is 14.4 Å². The van der Waals surface area contributed by atoms with Crippen LogP contribution in [0.5, 0.6) is 5.75 Å². The van der Waals surface area contributed by atoms with E-state index in [-0.39, 0.29) is 41.5 Å². The number of rotatable bonds is 12. The zero-order chi connectivity index (χ0) is 28.3. The Balaban J connectivity index is 1.39. The van der Waals surface area contributed by atoms with Gasteiger partial charge in [-0.25, -0.2) is 0 Å². The number of benzene rings is 1. The van der Waals surface area contributed by atoms with Crippen LogP contribution in [0.15, 0.2) is 24.3 Å². The summed E-state index contributed by atoms with van der Waals surface area (Å²) in [5, 5.41) is 15.6. The van der Waals surface area contributed by atoms with E-state index in [0.717, 1.165) is 63.5 Å². The highest BCUT2D eigenvalue weighted by Gasteiger charge is 2.75. The smallest absolute Gasteiger partial charge is 0.244 e. The number of hydrogen-bond donors (Lipinski definition) is 3. The highest BCUT2D eigenvalue weighted by molar-refractivity contribution is 8.02. The average Bonchev–Trinajstić information content (AvgIpc) is 3.54. The highest BCUT2D eigenvalue weighted by Crippen LogP contribution is 2.68. The van der Waals surface area contributed by atoms with Crippen LogP contribution < -0.4 is 15.4 Å². The first-order chi connectivity index (χ1) is 19.4. The maximum absolute atomic E-state index is 14.2. The second-order valence-corrected chi connectivity index (χ2v) is 13.6. The van der Waals surface area contributed by atoms with Crippen LogP contribution in [0, 0.1) is 17.8 Å². The van der Waals surface area contributed by atoms with Crippen LogP contribution in [-0.4, -0.2) is 69.6 Å². The van der Waals surface area contributed by atoms with E-state index in [1.807, 2.05) is 36.1 Å². The molecule has 4 aliphatic rings. The summed E-state index contributed by atoms with van der Waals surface area (Å²) in [5.74, 6) is -0.281. The van der Waals surface area contributed by atoms with Crippen molar-refractivity contribution in [3.63, 3.8) is 0 Å². The van der Waals surface area contributed by atoms with Crippen LogP contribution in [0.25, 0.3) is 0 Å². The van der Waals surface area contributed by atoms with Crippen molar-refractivity contribution in [2.75, 3.05) is 25.1 Å². The Morgan fingerprint density at radius 2 is 1.80 bits per heavy atom. The Morgan fingerprint density at radius 1 is 1.07 bits per heavy atom. The lowest BCUT2D eigenvalue weighted by Gasteiger charge is -2.39. The SMILES string of the molecule is CCOc1ccc(NC(=O)[C@@H]2[C@H]3C(=O)N(CCCCCCO)C(C(=O)NC4CCCCC4)C34S[C@@H]2CC4C)cc1. The van der Waals surface area contributed by atoms with E-state index in [4.69, 9.17) is 9.84 Å². The number of anilines is 1. The van der Waals surface area contributed by atoms with Gasteiger partial charge in [-0.15, -0.1) is 11.8 Å². The fraction of sp³-hybridized carbons (Fsp3) is 0.710. The van der Waals surface area contributed by atoms with Gasteiger partial charge in [0.2, 0.25) is 17.7 Å². The molecule has 2 bridgehead atoms. The topological polar surface area (TPSA) is 108 Å². The molecule has 0 radical (unpaired) electrons. The molecule has 9 heteroatoms. The summed E-state index contributed by atoms with van der Waals surface area (Å²) in [6, 6.07) is 6.94. The number of hydrogen-bond acceptors (Lipinski definition) is 6. The Bertz CT molecular complexity index is 1060. The summed E-state index contributed by atoms with van der Waals surface area (Å²) < 4.78 is 4.93. The van der Waals surface area contributed by atoms with Gasteiger partial charge in [0.1, 0.15) is 11.8 Å². The Labute approximate surface area is 242 Å². The number of aliphatic hydroxyl groups is 1. The highest BCUT2D eigenvalue weighted by atomic mass is 32.2. The zero-order valence-corrected chi connectivity index (χ0v) is 24.7. The molecule has 40 heavy (non-hydrogen) atoms. The third kappa shape index (κ3) is 5.48. The number of carbonyl (C=O) groups is 3. The molecular formula is C31H45N3O5S. The minimum absolute atomic E-state index is 0.0170. The zero-order valence-electron chi connectivity index (χ0n) is 23.9. The molecular weight excluding hydrogens is 526 g/mol. The van der Waals surface area contributed by atoms with Crippen molar-refractivity contribution in [1.82, 2.24) is 10.2 Å². The fourth-order valence-electron chi connectivity index (χ4n) is 7.66. The Morgan fingerprint density at radius 3 is 2.50 bits per heavy atom. The molecule has 3 aliphatic heterocycles. The van der Waals surface area contributed by atoms with Crippen LogP contribution in [-0.2, 0) is 14.4 Å². The van der Waals surface area contributed by atoms with Crippen molar-refractivity contribution in [3.05, 3.63) is 24.3 Å². The molecule has 1 saturated carbocycles. The Kier molecular flexibility index (Phi) is 9.30. The second-order valence-electron chi connectivity index (χ2n) is 12.0. The van der Waals surface area contributed by atoms with E-state index < -0.39 is 22.6 Å². The lowest BCUT2D eigenvalue weighted by Crippen LogP contribution is -2.57. The lowest BCUT2D eigenvalue weighted by molar-refractivity contribution is -0.139. The van der Waals surface area contributed by atoms with Crippen molar-refractivity contribution in [3.8, 4) is 5.75 Å². The first-order valence-corrected chi connectivity index (χ1v) is 16.2. The molecule has 1 aromatic rings. The van der Waals surface area contributed by atoms with Crippen molar-refractivity contribution in [2.45, 2.75) is 100 Å². The van der Waals surface area contributed by atoms with E-state index in [0.29, 0.717) is 18.8 Å². The van der Waals surface area contributed by atoms with Crippen LogP contribution in [0.1, 0.15) is 78.1 Å². The number of unbranched alkanes of at least 4 members (excludes halogenated alkanes) is 3. The molecule has 5 rings (SSSR count). The summed E-state index contributed by atoms with van der Waals surface area (Å²) in [6.45, 7) is 5.35. The first kappa shape index (κ1) is 29.2. The predicted molar refractivity (Wildman–Crippen MR) is 157 cm³/mol. The molecule has 3 unspecified atom stereocenters. The van der Waals surface area contributed by atoms with Crippen molar-refractivity contribution in [2.24, 2.45) is 17.8 Å². The van der Waals surface area contributed by atoms with E-state index in [1.165, 1.54) is 6.42 Å². The van der Waals surface area contributed by atoms with E-state index in [2.05, 4.69) is 17.6 Å². The number of ether oxygens (including phenoxy) is 1. The summed E-state index contributed by atoms with van der Waals surface area (Å²) in [5.41, 5.74) is 0.682. The van der Waals surface area contributed by atoms with Crippen LogP contribution in [0.2, 0.25) is 0 Å². The molecule has 1 spiro atoms. The van der Waals surface area contributed by atoms with Crippen LogP contribution in [0.4, 0.5) is 5.69 Å². The minimum Gasteiger partial charge on any atom is -0.494 e. The number of nitrogens with zero attached hydrogens (tertiary/aromatic N) is 1. The number of likely N-dealkylation sites (tertiary alicyclic amines) is 1. The van der Waals surface area contributed by atoms with Gasteiger partial charge in [-0.2, -0.15) is 0 Å². The van der Waals surface area contributed by atoms with Gasteiger partial charge in [-0.05, 0) is 69.2 Å². The summed E-state index contributed by atoms with van der Waals surface area (Å²) in [7, 11) is 0. The average molecular weight is 572 g/mol. The number of thioether (sulfide) groups is 1. The molecule has 3 N–H and O–H groups in total. The number of aliphatic hydroxyl groups excluding tert-OH is 1. The standard InChI is InChI=1S/C31H45N3O5S/c1-3-39-23-15-13-22(14-16-23)32-28(36)25-24-19-20(2)31(40-24)26(25)30(38)34(17-9-4-5-10-18-35)27(31)29(37)33-21-11-7-6-8-12-21/h13-16,20-21,24-27,35H,3-12,17-19H2,1-2H3,(H,32,36)(H,33,37)/t20?,24-,25+,26+,27?,31?/m1/s1. The fourth-order valence-corrected chi connectivity index (χ4v) is 10.1. The normalized spacial score (nSPS) is 31.3. The van der Waals surface area contributed by atoms with Gasteiger partial charge in [-0.1, -0.05) is 39.0 Å². The maximum atomic E-state index is 14.2. The van der Waals surface area contributed by atoms with Gasteiger partial charge >= 0.3 is 0 Å². The van der Waals surface area contributed by atoms with E-state index in [1.54, 1.807) is 11.8 Å². The molecule has 6 atom stereocenters. The van der Waals surface area contributed by atoms with Gasteiger partial charge in [-0.3, -0.25) is 14.4 Å². The van der Waals surface area contributed by atoms with Crippen LogP contribution >= 0.6 is 11.8 Å². The third-order valence-electron chi connectivity index (χ3n) is 9.49. The van der Waals surface area contributed by atoms with Gasteiger partial charge in [0.15, 0.2) is 0 Å². The number of carbonyl (C=O) groups excluding carboxylic acids is 3. The minimum atomic E-state index is -0.591. The molecule has 8 nitrogen and oxygen atoms in total. The maximum Gasteiger partial charge on any atom is 0.244 e. The molecule has 4 fully saturated rings. The lowest BCUT2D eigenvalue weighted by atomic mass is 9.65. The molecule has 1 aliphatic carbocycles. The van der Waals surface area contributed by atoms with Crippen molar-refractivity contribution >= 4 is 35.2 Å². The van der Waals surface area contributed by atoms with Crippen molar-refractivity contribution in [1.29, 1.82) is 0 Å². The summed E-state index contributed by atoms with van der Waals surface area (Å²) >= 11 is 1.73. The molecule has 3 saturated heterocycles. The Hall–Kier alpha value is -2.26. The molecule has 0 aromatic heterocycles. The van der Waals surface area contributed by atoms with Gasteiger partial charge in [0.25, 0.3) is 0 Å². The second kappa shape index (κ2) is 12.7. The van der Waals surface area contributed by atoms with Gasteiger partial charge < -0.3 is 25.4 Å². The van der Waals surface area contributed by atoms with Crippen molar-refractivity contribution < 1.29 is 24.2 Å². The van der Waals surface area contributed by atoms with Crippen LogP contribution in [0.3, 0.4) is 0 Å². The molecule has 3 heterocycles. The molecule has 3 amide bonds. The molecule has 1 aromatic carbocycles. The summed E-state index contributed by atoms with van der Waals surface area (Å²) in [4.78, 5) is 43.9. The van der Waals surface area contributed by atoms with Gasteiger partial charge in [0.05, 0.1) is 23.2 Å².